The van der Waals surface area contributed by atoms with Gasteiger partial charge in [0.2, 0.25) is 0 Å². The van der Waals surface area contributed by atoms with Gasteiger partial charge in [-0.1, -0.05) is 218 Å². The molecule has 0 unspecified atom stereocenters. The Morgan fingerprint density at radius 3 is 1.24 bits per heavy atom. The van der Waals surface area contributed by atoms with Crippen molar-refractivity contribution in [1.29, 1.82) is 0 Å². The Kier molecular flexibility index (Phi) is 10.8. The van der Waals surface area contributed by atoms with Gasteiger partial charge in [-0.2, -0.15) is 0 Å². The van der Waals surface area contributed by atoms with Crippen LogP contribution in [0.2, 0.25) is 0 Å². The van der Waals surface area contributed by atoms with Crippen LogP contribution in [0.5, 0.6) is 0 Å². The Balaban J connectivity index is 0.931. The van der Waals surface area contributed by atoms with Crippen molar-refractivity contribution in [1.82, 2.24) is 28.2 Å². The molecule has 0 saturated carbocycles. The van der Waals surface area contributed by atoms with Crippen LogP contribution < -0.4 is 0 Å². The van der Waals surface area contributed by atoms with E-state index in [1.165, 1.54) is 59.1 Å². The molecule has 6 aromatic heterocycles. The first kappa shape index (κ1) is 49.6. The second-order valence-electron chi connectivity index (χ2n) is 23.2. The predicted octanol–water partition coefficient (Wildman–Crippen LogP) is 21.9. The van der Waals surface area contributed by atoms with Crippen LogP contribution in [0.1, 0.15) is 0 Å². The van der Waals surface area contributed by atoms with E-state index in [4.69, 9.17) is 9.97 Å². The minimum atomic E-state index is 0.701. The van der Waals surface area contributed by atoms with Crippen molar-refractivity contribution < 1.29 is 0 Å². The summed E-state index contributed by atoms with van der Waals surface area (Å²) in [5, 5.41) is 10.7. The second-order valence-corrected chi connectivity index (χ2v) is 24.2. The average molecular weight is 1150 g/mol. The van der Waals surface area contributed by atoms with E-state index >= 15 is 0 Å². The number of nitrogens with zero attached hydrogens (tertiary/aromatic N) is 6. The van der Waals surface area contributed by atoms with Gasteiger partial charge in [-0.05, 0) is 96.1 Å². The topological polar surface area (TPSA) is 45.5 Å². The van der Waals surface area contributed by atoms with Gasteiger partial charge >= 0.3 is 0 Å². The SMILES string of the molecule is c1ccc(-c2nc(-c3cc(-c4ccccc4)c(-n4c5ccccc5c5c(-n6c7cc(-n8c9ccccc9c9ccccc98)ccc7c7c(-n8c9ccccc9c9ccccc98)cccc76)cccc54)c(-c4ccccc4)c3)c3sc4ccccc4c3n2)cc1. The number of para-hydroxylation sites is 5. The number of benzene rings is 13. The van der Waals surface area contributed by atoms with E-state index in [1.807, 2.05) is 6.07 Å². The first-order valence-electron chi connectivity index (χ1n) is 30.3. The molecule has 0 aliphatic carbocycles. The maximum atomic E-state index is 5.58. The van der Waals surface area contributed by atoms with Crippen molar-refractivity contribution >= 4 is 119 Å². The Morgan fingerprint density at radius 1 is 0.270 bits per heavy atom. The molecule has 0 spiro atoms. The fraction of sp³-hybridized carbons (Fsp3) is 0. The highest BCUT2D eigenvalue weighted by Gasteiger charge is 2.28. The third-order valence-electron chi connectivity index (χ3n) is 18.4. The number of fused-ring (bicyclic) bond motifs is 15. The first-order chi connectivity index (χ1) is 44.2. The van der Waals surface area contributed by atoms with Crippen molar-refractivity contribution in [2.45, 2.75) is 0 Å². The van der Waals surface area contributed by atoms with Gasteiger partial charge in [0.1, 0.15) is 0 Å². The van der Waals surface area contributed by atoms with E-state index in [0.717, 1.165) is 110 Å². The van der Waals surface area contributed by atoms with Gasteiger partial charge in [0.25, 0.3) is 0 Å². The lowest BCUT2D eigenvalue weighted by molar-refractivity contribution is 1.15. The lowest BCUT2D eigenvalue weighted by Gasteiger charge is -2.21. The highest BCUT2D eigenvalue weighted by molar-refractivity contribution is 7.26. The molecular formula is C82H50N6S. The molecule has 0 aliphatic heterocycles. The van der Waals surface area contributed by atoms with Crippen LogP contribution >= 0.6 is 11.3 Å². The van der Waals surface area contributed by atoms with Crippen LogP contribution in [0.25, 0.3) is 175 Å². The zero-order valence-corrected chi connectivity index (χ0v) is 48.8. The highest BCUT2D eigenvalue weighted by atomic mass is 32.1. The zero-order valence-electron chi connectivity index (χ0n) is 48.0. The standard InChI is InChI=1S/C82H50N6S/c1-4-24-51(25-5-1)63-48-54(78-81-79(62-35-15-21-45-75(62)89-81)84-82(83-78)53-28-8-3-9-29-53)49-64(52-26-6-2-7-27-52)80(63)88-69-40-20-14-34-60(69)76-71(43-23-44-73(76)88)87-72-42-22-41-70(86-67-38-18-12-32-58(67)59-33-13-19-39-68(59)86)77(72)61-47-46-55(50-74(61)87)85-65-36-16-10-30-56(65)57-31-11-17-37-66(57)85/h1-50H. The summed E-state index contributed by atoms with van der Waals surface area (Å²) in [5.41, 5.74) is 21.8. The molecule has 0 atom stereocenters. The maximum Gasteiger partial charge on any atom is 0.160 e. The third-order valence-corrected chi connectivity index (χ3v) is 19.5. The smallest absolute Gasteiger partial charge is 0.160 e. The molecule has 0 amide bonds. The van der Waals surface area contributed by atoms with Crippen molar-refractivity contribution in [3.63, 3.8) is 0 Å². The lowest BCUT2D eigenvalue weighted by atomic mass is 9.91. The van der Waals surface area contributed by atoms with Crippen LogP contribution in [-0.4, -0.2) is 28.2 Å². The van der Waals surface area contributed by atoms with Gasteiger partial charge in [0, 0.05) is 81.1 Å². The molecular weight excluding hydrogens is 1100 g/mol. The molecule has 0 bridgehead atoms. The fourth-order valence-electron chi connectivity index (χ4n) is 14.6. The normalized spacial score (nSPS) is 12.0. The Labute approximate surface area is 514 Å². The number of hydrogen-bond acceptors (Lipinski definition) is 3. The molecule has 6 nitrogen and oxygen atoms in total. The first-order valence-corrected chi connectivity index (χ1v) is 31.1. The van der Waals surface area contributed by atoms with Crippen molar-refractivity contribution in [3.05, 3.63) is 303 Å². The summed E-state index contributed by atoms with van der Waals surface area (Å²) >= 11 is 1.76. The van der Waals surface area contributed by atoms with Crippen LogP contribution in [0.15, 0.2) is 303 Å². The van der Waals surface area contributed by atoms with Gasteiger partial charge in [0.15, 0.2) is 5.82 Å². The summed E-state index contributed by atoms with van der Waals surface area (Å²) in [6.45, 7) is 0. The second kappa shape index (κ2) is 19.4. The lowest BCUT2D eigenvalue weighted by Crippen LogP contribution is -2.03. The summed E-state index contributed by atoms with van der Waals surface area (Å²) < 4.78 is 12.3. The fourth-order valence-corrected chi connectivity index (χ4v) is 15.8. The number of rotatable bonds is 8. The monoisotopic (exact) mass is 1150 g/mol. The van der Waals surface area contributed by atoms with E-state index in [2.05, 4.69) is 316 Å². The van der Waals surface area contributed by atoms with Gasteiger partial charge in [0.05, 0.1) is 77.1 Å². The summed E-state index contributed by atoms with van der Waals surface area (Å²) in [6, 6.07) is 111. The van der Waals surface area contributed by atoms with Gasteiger partial charge < -0.3 is 18.3 Å². The number of thiophene rings is 1. The summed E-state index contributed by atoms with van der Waals surface area (Å²) in [4.78, 5) is 10.9. The van der Waals surface area contributed by atoms with Crippen molar-refractivity contribution in [2.24, 2.45) is 0 Å². The number of aromatic nitrogens is 6. The molecule has 0 radical (unpaired) electrons. The molecule has 6 heterocycles. The van der Waals surface area contributed by atoms with Crippen molar-refractivity contribution in [3.8, 4) is 67.6 Å². The molecule has 89 heavy (non-hydrogen) atoms. The quantitative estimate of drug-likeness (QED) is 0.152. The molecule has 0 fully saturated rings. The Morgan fingerprint density at radius 2 is 0.685 bits per heavy atom. The molecule has 0 aliphatic rings. The molecule has 0 N–H and O–H groups in total. The van der Waals surface area contributed by atoms with Gasteiger partial charge in [-0.3, -0.25) is 0 Å². The minimum Gasteiger partial charge on any atom is -0.309 e. The van der Waals surface area contributed by atoms with Crippen LogP contribution in [0.3, 0.4) is 0 Å². The van der Waals surface area contributed by atoms with Gasteiger partial charge in [-0.25, -0.2) is 9.97 Å². The zero-order chi connectivity index (χ0) is 58.3. The molecule has 7 heteroatoms. The maximum absolute atomic E-state index is 5.58. The molecule has 13 aromatic carbocycles. The molecule has 414 valence electrons. The van der Waals surface area contributed by atoms with E-state index in [0.29, 0.717) is 5.82 Å². The highest BCUT2D eigenvalue weighted by Crippen LogP contribution is 2.49. The van der Waals surface area contributed by atoms with E-state index < -0.39 is 0 Å². The van der Waals surface area contributed by atoms with E-state index in [1.54, 1.807) is 11.3 Å². The molecule has 0 saturated heterocycles. The van der Waals surface area contributed by atoms with Crippen LogP contribution in [-0.2, 0) is 0 Å². The number of hydrogen-bond donors (Lipinski definition) is 0. The van der Waals surface area contributed by atoms with Crippen LogP contribution in [0.4, 0.5) is 0 Å². The third kappa shape index (κ3) is 7.37. The molecule has 19 aromatic rings. The predicted molar refractivity (Wildman–Crippen MR) is 374 cm³/mol. The van der Waals surface area contributed by atoms with E-state index in [-0.39, 0.29) is 0 Å². The van der Waals surface area contributed by atoms with Gasteiger partial charge in [-0.15, -0.1) is 11.3 Å². The average Bonchev–Trinajstić information content (AvgIpc) is 1.61. The van der Waals surface area contributed by atoms with Crippen LogP contribution in [0, 0.1) is 0 Å². The van der Waals surface area contributed by atoms with Crippen molar-refractivity contribution in [2.75, 3.05) is 0 Å². The summed E-state index contributed by atoms with van der Waals surface area (Å²) in [5.74, 6) is 0.701. The Hall–Kier alpha value is -11.6. The summed E-state index contributed by atoms with van der Waals surface area (Å²) in [7, 11) is 0. The minimum absolute atomic E-state index is 0.701. The molecule has 19 rings (SSSR count). The Bertz CT molecular complexity index is 5930. The largest absolute Gasteiger partial charge is 0.309 e. The summed E-state index contributed by atoms with van der Waals surface area (Å²) in [6.07, 6.45) is 0. The van der Waals surface area contributed by atoms with E-state index in [9.17, 15) is 0 Å².